The molecule has 2 rings (SSSR count). The van der Waals surface area contributed by atoms with Crippen LogP contribution in [0.3, 0.4) is 0 Å². The monoisotopic (exact) mass is 318 g/mol. The molecule has 0 fully saturated rings. The molecule has 0 aliphatic heterocycles. The molecule has 0 unspecified atom stereocenters. The van der Waals surface area contributed by atoms with Crippen molar-refractivity contribution in [3.8, 4) is 11.5 Å². The van der Waals surface area contributed by atoms with Crippen LogP contribution in [0.25, 0.3) is 0 Å². The molecule has 3 N–H and O–H groups in total. The van der Waals surface area contributed by atoms with Gasteiger partial charge in [0.2, 0.25) is 0 Å². The van der Waals surface area contributed by atoms with E-state index in [2.05, 4.69) is 20.8 Å². The first kappa shape index (κ1) is 16.7. The lowest BCUT2D eigenvalue weighted by Gasteiger charge is -2.18. The molecule has 7 heteroatoms. The molecular formula is C16H22N4O3. The fourth-order valence-electron chi connectivity index (χ4n) is 2.07. The van der Waals surface area contributed by atoms with E-state index in [0.29, 0.717) is 17.2 Å². The fraction of sp³-hybridized carbons (Fsp3) is 0.375. The van der Waals surface area contributed by atoms with E-state index in [1.54, 1.807) is 13.3 Å². The molecule has 0 saturated carbocycles. The molecule has 0 saturated heterocycles. The molecule has 1 aromatic carbocycles. The molecule has 2 amide bonds. The minimum atomic E-state index is -0.305. The summed E-state index contributed by atoms with van der Waals surface area (Å²) in [5, 5.41) is 12.0. The van der Waals surface area contributed by atoms with Gasteiger partial charge >= 0.3 is 6.03 Å². The van der Waals surface area contributed by atoms with Gasteiger partial charge in [-0.05, 0) is 38.5 Å². The van der Waals surface area contributed by atoms with Crippen molar-refractivity contribution >= 4 is 11.7 Å². The molecule has 23 heavy (non-hydrogen) atoms. The Labute approximate surface area is 135 Å². The maximum Gasteiger partial charge on any atom is 0.319 e. The zero-order valence-corrected chi connectivity index (χ0v) is 13.7. The van der Waals surface area contributed by atoms with Gasteiger partial charge in [-0.3, -0.25) is 5.10 Å². The molecule has 1 heterocycles. The molecule has 0 aliphatic carbocycles. The van der Waals surface area contributed by atoms with Crippen LogP contribution < -0.4 is 20.1 Å². The third-order valence-corrected chi connectivity index (χ3v) is 3.15. The first-order chi connectivity index (χ1) is 11.0. The second-order valence-corrected chi connectivity index (χ2v) is 5.38. The van der Waals surface area contributed by atoms with Gasteiger partial charge in [-0.15, -0.1) is 0 Å². The van der Waals surface area contributed by atoms with E-state index in [0.717, 1.165) is 5.56 Å². The number of ether oxygens (including phenoxy) is 2. The number of hydrogen-bond donors (Lipinski definition) is 3. The number of carbonyl (C=O) groups excluding carboxylic acids is 1. The number of amides is 2. The standard InChI is InChI=1S/C16H22N4O3/c1-10(2)23-14-6-5-12(7-15(14)22-4)11(3)19-16(21)20-13-8-17-18-9-13/h5-11H,1-4H3,(H,17,18)(H2,19,20,21)/t11-/m1/s1. The summed E-state index contributed by atoms with van der Waals surface area (Å²) in [5.74, 6) is 1.32. The highest BCUT2D eigenvalue weighted by Crippen LogP contribution is 2.31. The number of rotatable bonds is 6. The van der Waals surface area contributed by atoms with Gasteiger partial charge in [0.1, 0.15) is 0 Å². The highest BCUT2D eigenvalue weighted by atomic mass is 16.5. The first-order valence-corrected chi connectivity index (χ1v) is 7.40. The van der Waals surface area contributed by atoms with Crippen molar-refractivity contribution in [1.82, 2.24) is 15.5 Å². The molecule has 1 aromatic heterocycles. The van der Waals surface area contributed by atoms with Crippen LogP contribution >= 0.6 is 0 Å². The number of nitrogens with one attached hydrogen (secondary N) is 3. The van der Waals surface area contributed by atoms with E-state index >= 15 is 0 Å². The molecule has 0 radical (unpaired) electrons. The lowest BCUT2D eigenvalue weighted by atomic mass is 10.1. The van der Waals surface area contributed by atoms with Crippen LogP contribution in [-0.2, 0) is 0 Å². The van der Waals surface area contributed by atoms with Crippen LogP contribution in [0.2, 0.25) is 0 Å². The van der Waals surface area contributed by atoms with Crippen molar-refractivity contribution in [2.75, 3.05) is 12.4 Å². The van der Waals surface area contributed by atoms with Crippen molar-refractivity contribution in [3.63, 3.8) is 0 Å². The predicted octanol–water partition coefficient (Wildman–Crippen LogP) is 3.09. The molecule has 2 aromatic rings. The maximum atomic E-state index is 11.9. The Morgan fingerprint density at radius 3 is 2.65 bits per heavy atom. The molecule has 0 bridgehead atoms. The highest BCUT2D eigenvalue weighted by Gasteiger charge is 2.14. The number of urea groups is 1. The van der Waals surface area contributed by atoms with Crippen LogP contribution in [0.5, 0.6) is 11.5 Å². The number of carbonyl (C=O) groups is 1. The number of anilines is 1. The Bertz CT molecular complexity index is 641. The minimum absolute atomic E-state index is 0.0611. The van der Waals surface area contributed by atoms with E-state index in [4.69, 9.17) is 9.47 Å². The van der Waals surface area contributed by atoms with Crippen molar-refractivity contribution in [2.24, 2.45) is 0 Å². The van der Waals surface area contributed by atoms with Crippen LogP contribution in [0, 0.1) is 0 Å². The number of hydrogen-bond acceptors (Lipinski definition) is 4. The fourth-order valence-corrected chi connectivity index (χ4v) is 2.07. The topological polar surface area (TPSA) is 88.3 Å². The zero-order valence-electron chi connectivity index (χ0n) is 13.7. The van der Waals surface area contributed by atoms with E-state index in [1.807, 2.05) is 39.0 Å². The van der Waals surface area contributed by atoms with Gasteiger partial charge in [-0.1, -0.05) is 6.07 Å². The Kier molecular flexibility index (Phi) is 5.46. The SMILES string of the molecule is COc1cc([C@@H](C)NC(=O)Nc2cn[nH]c2)ccc1OC(C)C. The summed E-state index contributed by atoms with van der Waals surface area (Å²) in [7, 11) is 1.59. The number of aromatic nitrogens is 2. The molecule has 124 valence electrons. The summed E-state index contributed by atoms with van der Waals surface area (Å²) in [6, 6.07) is 5.12. The summed E-state index contributed by atoms with van der Waals surface area (Å²) < 4.78 is 11.0. The van der Waals surface area contributed by atoms with Crippen molar-refractivity contribution in [1.29, 1.82) is 0 Å². The number of benzene rings is 1. The predicted molar refractivity (Wildman–Crippen MR) is 87.9 cm³/mol. The average Bonchev–Trinajstić information content (AvgIpc) is 2.99. The van der Waals surface area contributed by atoms with Crippen LogP contribution in [-0.4, -0.2) is 29.4 Å². The van der Waals surface area contributed by atoms with Crippen LogP contribution in [0.15, 0.2) is 30.6 Å². The lowest BCUT2D eigenvalue weighted by molar-refractivity contribution is 0.230. The van der Waals surface area contributed by atoms with Crippen molar-refractivity contribution in [3.05, 3.63) is 36.2 Å². The van der Waals surface area contributed by atoms with Gasteiger partial charge in [0.05, 0.1) is 31.1 Å². The maximum absolute atomic E-state index is 11.9. The Morgan fingerprint density at radius 1 is 1.26 bits per heavy atom. The number of nitrogens with zero attached hydrogens (tertiary/aromatic N) is 1. The van der Waals surface area contributed by atoms with Gasteiger partial charge in [-0.25, -0.2) is 4.79 Å². The summed E-state index contributed by atoms with van der Waals surface area (Å²) in [5.41, 5.74) is 1.52. The first-order valence-electron chi connectivity index (χ1n) is 7.40. The van der Waals surface area contributed by atoms with Gasteiger partial charge < -0.3 is 20.1 Å². The molecule has 7 nitrogen and oxygen atoms in total. The quantitative estimate of drug-likeness (QED) is 0.763. The van der Waals surface area contributed by atoms with E-state index in [1.165, 1.54) is 6.20 Å². The van der Waals surface area contributed by atoms with Gasteiger partial charge in [0.25, 0.3) is 0 Å². The van der Waals surface area contributed by atoms with Gasteiger partial charge in [-0.2, -0.15) is 5.10 Å². The number of methoxy groups -OCH3 is 1. The highest BCUT2D eigenvalue weighted by molar-refractivity contribution is 5.89. The minimum Gasteiger partial charge on any atom is -0.493 e. The summed E-state index contributed by atoms with van der Waals surface area (Å²) in [6.07, 6.45) is 3.20. The normalized spacial score (nSPS) is 11.9. The van der Waals surface area contributed by atoms with Crippen LogP contribution in [0.1, 0.15) is 32.4 Å². The largest absolute Gasteiger partial charge is 0.493 e. The average molecular weight is 318 g/mol. The third kappa shape index (κ3) is 4.64. The lowest BCUT2D eigenvalue weighted by Crippen LogP contribution is -2.31. The summed E-state index contributed by atoms with van der Waals surface area (Å²) >= 11 is 0. The van der Waals surface area contributed by atoms with Gasteiger partial charge in [0.15, 0.2) is 11.5 Å². The Hall–Kier alpha value is -2.70. The Balaban J connectivity index is 2.03. The second-order valence-electron chi connectivity index (χ2n) is 5.38. The third-order valence-electron chi connectivity index (χ3n) is 3.15. The molecule has 0 aliphatic rings. The van der Waals surface area contributed by atoms with Crippen molar-refractivity contribution in [2.45, 2.75) is 32.9 Å². The van der Waals surface area contributed by atoms with Gasteiger partial charge in [0, 0.05) is 6.20 Å². The molecule has 0 spiro atoms. The van der Waals surface area contributed by atoms with Crippen LogP contribution in [0.4, 0.5) is 10.5 Å². The number of H-pyrrole nitrogens is 1. The summed E-state index contributed by atoms with van der Waals surface area (Å²) in [6.45, 7) is 5.81. The summed E-state index contributed by atoms with van der Waals surface area (Å²) in [4.78, 5) is 11.9. The second kappa shape index (κ2) is 7.53. The van der Waals surface area contributed by atoms with E-state index < -0.39 is 0 Å². The smallest absolute Gasteiger partial charge is 0.319 e. The van der Waals surface area contributed by atoms with E-state index in [9.17, 15) is 4.79 Å². The Morgan fingerprint density at radius 2 is 2.04 bits per heavy atom. The molecular weight excluding hydrogens is 296 g/mol. The zero-order chi connectivity index (χ0) is 16.8. The van der Waals surface area contributed by atoms with E-state index in [-0.39, 0.29) is 18.2 Å². The number of aromatic amines is 1. The molecule has 1 atom stereocenters. The van der Waals surface area contributed by atoms with Crippen molar-refractivity contribution < 1.29 is 14.3 Å².